The van der Waals surface area contributed by atoms with Crippen LogP contribution in [0.4, 0.5) is 14.5 Å². The molecule has 6 nitrogen and oxygen atoms in total. The van der Waals surface area contributed by atoms with Crippen molar-refractivity contribution in [3.05, 3.63) is 59.4 Å². The zero-order valence-electron chi connectivity index (χ0n) is 14.9. The highest BCUT2D eigenvalue weighted by Gasteiger charge is 2.23. The maximum absolute atomic E-state index is 13.7. The lowest BCUT2D eigenvalue weighted by Crippen LogP contribution is -2.48. The molecule has 0 aliphatic carbocycles. The highest BCUT2D eigenvalue weighted by molar-refractivity contribution is 6.04. The van der Waals surface area contributed by atoms with E-state index in [1.54, 1.807) is 4.90 Å². The summed E-state index contributed by atoms with van der Waals surface area (Å²) in [5, 5.41) is 2.17. The molecule has 1 saturated heterocycles. The van der Waals surface area contributed by atoms with Crippen LogP contribution >= 0.6 is 0 Å². The summed E-state index contributed by atoms with van der Waals surface area (Å²) < 4.78 is 27.4. The number of nitrogens with zero attached hydrogens (tertiary/aromatic N) is 3. The number of piperazine rings is 1. The Kier molecular flexibility index (Phi) is 5.75. The molecule has 1 fully saturated rings. The molecule has 8 heteroatoms. The third kappa shape index (κ3) is 4.28. The molecular formula is C19H20F2N4O2. The number of hydrogen-bond acceptors (Lipinski definition) is 4. The van der Waals surface area contributed by atoms with Gasteiger partial charge in [-0.3, -0.25) is 9.59 Å². The van der Waals surface area contributed by atoms with Crippen molar-refractivity contribution in [1.82, 2.24) is 14.8 Å². The third-order valence-electron chi connectivity index (χ3n) is 4.51. The zero-order chi connectivity index (χ0) is 19.4. The van der Waals surface area contributed by atoms with E-state index in [9.17, 15) is 18.4 Å². The van der Waals surface area contributed by atoms with Gasteiger partial charge in [0.1, 0.15) is 28.7 Å². The molecule has 142 valence electrons. The zero-order valence-corrected chi connectivity index (χ0v) is 14.9. The van der Waals surface area contributed by atoms with E-state index in [4.69, 9.17) is 0 Å². The largest absolute Gasteiger partial charge is 0.335 e. The number of benzene rings is 1. The second-order valence-electron chi connectivity index (χ2n) is 6.19. The third-order valence-corrected chi connectivity index (χ3v) is 4.51. The summed E-state index contributed by atoms with van der Waals surface area (Å²) in [7, 11) is 0. The predicted octanol–water partition coefficient (Wildman–Crippen LogP) is 2.39. The van der Waals surface area contributed by atoms with Crippen molar-refractivity contribution in [3.63, 3.8) is 0 Å². The van der Waals surface area contributed by atoms with Crippen LogP contribution in [0, 0.1) is 11.6 Å². The van der Waals surface area contributed by atoms with Gasteiger partial charge in [0.25, 0.3) is 11.8 Å². The van der Waals surface area contributed by atoms with Crippen molar-refractivity contribution in [1.29, 1.82) is 0 Å². The number of pyridine rings is 1. The SMILES string of the molecule is CCN1CCN(C(=O)c2cccc(C(=O)Nc3c(F)cccc3F)n2)CC1. The molecule has 0 bridgehead atoms. The number of hydrogen-bond donors (Lipinski definition) is 1. The van der Waals surface area contributed by atoms with Crippen LogP contribution in [0.15, 0.2) is 36.4 Å². The van der Waals surface area contributed by atoms with E-state index >= 15 is 0 Å². The number of carbonyl (C=O) groups is 2. The molecule has 1 N–H and O–H groups in total. The van der Waals surface area contributed by atoms with E-state index in [0.29, 0.717) is 13.1 Å². The van der Waals surface area contributed by atoms with Gasteiger partial charge in [0.15, 0.2) is 0 Å². The fraction of sp³-hybridized carbons (Fsp3) is 0.316. The lowest BCUT2D eigenvalue weighted by Gasteiger charge is -2.33. The van der Waals surface area contributed by atoms with E-state index in [-0.39, 0.29) is 17.3 Å². The average molecular weight is 374 g/mol. The molecule has 1 aromatic heterocycles. The van der Waals surface area contributed by atoms with Crippen LogP contribution in [0.25, 0.3) is 0 Å². The number of rotatable bonds is 4. The van der Waals surface area contributed by atoms with Gasteiger partial charge in [-0.1, -0.05) is 19.1 Å². The van der Waals surface area contributed by atoms with Gasteiger partial charge in [0, 0.05) is 26.2 Å². The summed E-state index contributed by atoms with van der Waals surface area (Å²) in [5.41, 5.74) is -0.506. The molecule has 0 saturated carbocycles. The maximum Gasteiger partial charge on any atom is 0.274 e. The van der Waals surface area contributed by atoms with Crippen molar-refractivity contribution in [2.24, 2.45) is 0 Å². The molecule has 2 heterocycles. The molecule has 1 aromatic carbocycles. The van der Waals surface area contributed by atoms with Crippen molar-refractivity contribution in [2.45, 2.75) is 6.92 Å². The van der Waals surface area contributed by atoms with Crippen LogP contribution in [0.3, 0.4) is 0 Å². The van der Waals surface area contributed by atoms with Gasteiger partial charge in [-0.2, -0.15) is 0 Å². The molecule has 2 aromatic rings. The van der Waals surface area contributed by atoms with Gasteiger partial charge in [0.05, 0.1) is 0 Å². The Bertz CT molecular complexity index is 831. The van der Waals surface area contributed by atoms with Crippen molar-refractivity contribution >= 4 is 17.5 Å². The van der Waals surface area contributed by atoms with Crippen molar-refractivity contribution in [3.8, 4) is 0 Å². The normalized spacial score (nSPS) is 14.9. The maximum atomic E-state index is 13.7. The van der Waals surface area contributed by atoms with E-state index in [0.717, 1.165) is 31.8 Å². The molecule has 0 radical (unpaired) electrons. The Morgan fingerprint density at radius 2 is 1.59 bits per heavy atom. The van der Waals surface area contributed by atoms with Gasteiger partial charge < -0.3 is 15.1 Å². The highest BCUT2D eigenvalue weighted by atomic mass is 19.1. The summed E-state index contributed by atoms with van der Waals surface area (Å²) in [6.07, 6.45) is 0. The number of halogens is 2. The fourth-order valence-corrected chi connectivity index (χ4v) is 2.90. The van der Waals surface area contributed by atoms with Crippen LogP contribution in [0.1, 0.15) is 27.9 Å². The molecule has 0 spiro atoms. The van der Waals surface area contributed by atoms with Crippen molar-refractivity contribution < 1.29 is 18.4 Å². The van der Waals surface area contributed by atoms with Gasteiger partial charge in [-0.15, -0.1) is 0 Å². The van der Waals surface area contributed by atoms with Crippen LogP contribution < -0.4 is 5.32 Å². The number of anilines is 1. The van der Waals surface area contributed by atoms with Crippen molar-refractivity contribution in [2.75, 3.05) is 38.0 Å². The summed E-state index contributed by atoms with van der Waals surface area (Å²) in [6, 6.07) is 7.73. The monoisotopic (exact) mass is 374 g/mol. The number of likely N-dealkylation sites (N-methyl/N-ethyl adjacent to an activating group) is 1. The summed E-state index contributed by atoms with van der Waals surface area (Å²) in [5.74, 6) is -2.82. The smallest absolute Gasteiger partial charge is 0.274 e. The summed E-state index contributed by atoms with van der Waals surface area (Å²) in [4.78, 5) is 33.0. The Morgan fingerprint density at radius 3 is 2.22 bits per heavy atom. The fourth-order valence-electron chi connectivity index (χ4n) is 2.90. The van der Waals surface area contributed by atoms with E-state index in [1.807, 2.05) is 0 Å². The molecule has 1 aliphatic rings. The Labute approximate surface area is 155 Å². The minimum atomic E-state index is -0.885. The second kappa shape index (κ2) is 8.22. The van der Waals surface area contributed by atoms with Crippen LogP contribution in [0.5, 0.6) is 0 Å². The first kappa shape index (κ1) is 18.9. The molecule has 27 heavy (non-hydrogen) atoms. The Morgan fingerprint density at radius 1 is 1.00 bits per heavy atom. The molecule has 2 amide bonds. The van der Waals surface area contributed by atoms with E-state index in [1.165, 1.54) is 24.3 Å². The number of nitrogens with one attached hydrogen (secondary N) is 1. The number of carbonyl (C=O) groups excluding carboxylic acids is 2. The minimum absolute atomic E-state index is 0.0873. The standard InChI is InChI=1S/C19H20F2N4O2/c1-2-24-9-11-25(12-10-24)19(27)16-8-4-7-15(22-16)18(26)23-17-13(20)5-3-6-14(17)21/h3-8H,2,9-12H2,1H3,(H,23,26). The molecule has 1 aliphatic heterocycles. The molecular weight excluding hydrogens is 354 g/mol. The molecule has 0 unspecified atom stereocenters. The van der Waals surface area contributed by atoms with Gasteiger partial charge in [0.2, 0.25) is 0 Å². The molecule has 0 atom stereocenters. The van der Waals surface area contributed by atoms with E-state index in [2.05, 4.69) is 22.1 Å². The first-order valence-electron chi connectivity index (χ1n) is 8.73. The molecule has 3 rings (SSSR count). The van der Waals surface area contributed by atoms with Crippen LogP contribution in [-0.2, 0) is 0 Å². The number of para-hydroxylation sites is 1. The Balaban J connectivity index is 1.73. The van der Waals surface area contributed by atoms with Gasteiger partial charge in [-0.05, 0) is 30.8 Å². The number of aromatic nitrogens is 1. The first-order chi connectivity index (χ1) is 13.0. The van der Waals surface area contributed by atoms with Gasteiger partial charge >= 0.3 is 0 Å². The quantitative estimate of drug-likeness (QED) is 0.893. The Hall–Kier alpha value is -2.87. The van der Waals surface area contributed by atoms with Crippen LogP contribution in [0.2, 0.25) is 0 Å². The predicted molar refractivity (Wildman–Crippen MR) is 96.6 cm³/mol. The number of amides is 2. The topological polar surface area (TPSA) is 65.5 Å². The van der Waals surface area contributed by atoms with E-state index < -0.39 is 23.2 Å². The van der Waals surface area contributed by atoms with Gasteiger partial charge in [-0.25, -0.2) is 13.8 Å². The first-order valence-corrected chi connectivity index (χ1v) is 8.73. The summed E-state index contributed by atoms with van der Waals surface area (Å²) in [6.45, 7) is 5.75. The minimum Gasteiger partial charge on any atom is -0.335 e. The second-order valence-corrected chi connectivity index (χ2v) is 6.19. The highest BCUT2D eigenvalue weighted by Crippen LogP contribution is 2.19. The lowest BCUT2D eigenvalue weighted by atomic mass is 10.2. The lowest BCUT2D eigenvalue weighted by molar-refractivity contribution is 0.0637. The van der Waals surface area contributed by atoms with Crippen LogP contribution in [-0.4, -0.2) is 59.3 Å². The summed E-state index contributed by atoms with van der Waals surface area (Å²) >= 11 is 0. The average Bonchev–Trinajstić information content (AvgIpc) is 2.70.